The molecule has 3 amide bonds. The Bertz CT molecular complexity index is 1000. The molecule has 0 radical (unpaired) electrons. The van der Waals surface area contributed by atoms with Crippen LogP contribution in [0.1, 0.15) is 39.7 Å². The lowest BCUT2D eigenvalue weighted by Gasteiger charge is -2.24. The Kier molecular flexibility index (Phi) is 8.98. The van der Waals surface area contributed by atoms with E-state index in [4.69, 9.17) is 5.73 Å². The topological polar surface area (TPSA) is 166 Å². The SMILES string of the molecule is CC(C)CC(NC(=O)C(C)NC(=O)C(C)N)C(=O)NC(Cc1c[nH]c2ccccc12)C(=O)O. The molecule has 4 unspecified atom stereocenters. The molecule has 33 heavy (non-hydrogen) atoms. The Labute approximate surface area is 192 Å². The number of carboxylic acids is 1. The van der Waals surface area contributed by atoms with Crippen molar-refractivity contribution in [3.05, 3.63) is 36.0 Å². The summed E-state index contributed by atoms with van der Waals surface area (Å²) in [5, 5.41) is 18.2. The molecule has 1 aromatic heterocycles. The molecule has 0 aliphatic carbocycles. The normalized spacial score (nSPS) is 14.8. The van der Waals surface area contributed by atoms with Crippen LogP contribution in [0.25, 0.3) is 10.9 Å². The summed E-state index contributed by atoms with van der Waals surface area (Å²) in [7, 11) is 0. The maximum Gasteiger partial charge on any atom is 0.326 e. The van der Waals surface area contributed by atoms with Crippen LogP contribution in [0.5, 0.6) is 0 Å². The van der Waals surface area contributed by atoms with Gasteiger partial charge in [0, 0.05) is 23.5 Å². The van der Waals surface area contributed by atoms with E-state index in [9.17, 15) is 24.3 Å². The van der Waals surface area contributed by atoms with E-state index in [1.54, 1.807) is 6.20 Å². The molecule has 1 heterocycles. The van der Waals surface area contributed by atoms with Gasteiger partial charge in [0.25, 0.3) is 0 Å². The summed E-state index contributed by atoms with van der Waals surface area (Å²) in [4.78, 5) is 52.3. The van der Waals surface area contributed by atoms with Gasteiger partial charge in [-0.2, -0.15) is 0 Å². The maximum atomic E-state index is 13.0. The maximum absolute atomic E-state index is 13.0. The third-order valence-electron chi connectivity index (χ3n) is 5.22. The lowest BCUT2D eigenvalue weighted by molar-refractivity contribution is -0.142. The first-order valence-corrected chi connectivity index (χ1v) is 10.9. The molecule has 0 bridgehead atoms. The van der Waals surface area contributed by atoms with Crippen molar-refractivity contribution >= 4 is 34.6 Å². The van der Waals surface area contributed by atoms with Crippen molar-refractivity contribution in [3.8, 4) is 0 Å². The summed E-state index contributed by atoms with van der Waals surface area (Å²) in [6.07, 6.45) is 2.10. The predicted molar refractivity (Wildman–Crippen MR) is 124 cm³/mol. The van der Waals surface area contributed by atoms with Gasteiger partial charge in [0.15, 0.2) is 0 Å². The van der Waals surface area contributed by atoms with Crippen LogP contribution in [0, 0.1) is 5.92 Å². The van der Waals surface area contributed by atoms with Crippen LogP contribution in [0.15, 0.2) is 30.5 Å². The molecule has 10 nitrogen and oxygen atoms in total. The van der Waals surface area contributed by atoms with Crippen LogP contribution >= 0.6 is 0 Å². The number of nitrogens with one attached hydrogen (secondary N) is 4. The van der Waals surface area contributed by atoms with Gasteiger partial charge < -0.3 is 31.8 Å². The van der Waals surface area contributed by atoms with Crippen molar-refractivity contribution in [3.63, 3.8) is 0 Å². The summed E-state index contributed by atoms with van der Waals surface area (Å²) in [5.74, 6) is -2.79. The lowest BCUT2D eigenvalue weighted by Crippen LogP contribution is -2.56. The summed E-state index contributed by atoms with van der Waals surface area (Å²) in [5.41, 5.74) is 7.14. The Morgan fingerprint density at radius 2 is 1.58 bits per heavy atom. The number of carbonyl (C=O) groups excluding carboxylic acids is 3. The average molecular weight is 460 g/mol. The second-order valence-electron chi connectivity index (χ2n) is 8.67. The van der Waals surface area contributed by atoms with Gasteiger partial charge in [-0.15, -0.1) is 0 Å². The third kappa shape index (κ3) is 7.31. The van der Waals surface area contributed by atoms with Gasteiger partial charge in [-0.25, -0.2) is 4.79 Å². The van der Waals surface area contributed by atoms with Gasteiger partial charge in [0.05, 0.1) is 6.04 Å². The van der Waals surface area contributed by atoms with Crippen LogP contribution in [0.4, 0.5) is 0 Å². The first-order chi connectivity index (χ1) is 15.5. The monoisotopic (exact) mass is 459 g/mol. The molecule has 180 valence electrons. The minimum absolute atomic E-state index is 0.0481. The molecule has 2 aromatic rings. The number of nitrogens with two attached hydrogens (primary N) is 1. The highest BCUT2D eigenvalue weighted by Crippen LogP contribution is 2.19. The molecule has 10 heteroatoms. The van der Waals surface area contributed by atoms with E-state index in [0.29, 0.717) is 6.42 Å². The zero-order valence-electron chi connectivity index (χ0n) is 19.3. The standard InChI is InChI=1S/C23H33N5O5/c1-12(2)9-18(27-21(30)14(4)26-20(29)13(3)24)22(31)28-19(23(32)33)10-15-11-25-17-8-6-5-7-16(15)17/h5-8,11-14,18-19,25H,9-10,24H2,1-4H3,(H,26,29)(H,27,30)(H,28,31)(H,32,33). The van der Waals surface area contributed by atoms with E-state index in [1.165, 1.54) is 13.8 Å². The van der Waals surface area contributed by atoms with Crippen LogP contribution in [0.3, 0.4) is 0 Å². The zero-order chi connectivity index (χ0) is 24.7. The molecule has 7 N–H and O–H groups in total. The second kappa shape index (κ2) is 11.5. The van der Waals surface area contributed by atoms with Crippen LogP contribution in [0.2, 0.25) is 0 Å². The van der Waals surface area contributed by atoms with E-state index in [-0.39, 0.29) is 12.3 Å². The number of H-pyrrole nitrogens is 1. The van der Waals surface area contributed by atoms with Gasteiger partial charge in [-0.3, -0.25) is 14.4 Å². The highest BCUT2D eigenvalue weighted by Gasteiger charge is 2.29. The fourth-order valence-electron chi connectivity index (χ4n) is 3.40. The first kappa shape index (κ1) is 25.9. The van der Waals surface area contributed by atoms with Crippen molar-refractivity contribution in [2.45, 2.75) is 64.7 Å². The number of benzene rings is 1. The molecule has 0 saturated carbocycles. The number of rotatable bonds is 11. The van der Waals surface area contributed by atoms with E-state index < -0.39 is 47.9 Å². The molecule has 0 aliphatic heterocycles. The molecular weight excluding hydrogens is 426 g/mol. The molecule has 0 spiro atoms. The molecule has 0 fully saturated rings. The Hall–Kier alpha value is -3.40. The van der Waals surface area contributed by atoms with E-state index in [0.717, 1.165) is 16.5 Å². The van der Waals surface area contributed by atoms with Crippen LogP contribution < -0.4 is 21.7 Å². The van der Waals surface area contributed by atoms with E-state index >= 15 is 0 Å². The number of fused-ring (bicyclic) bond motifs is 1. The quantitative estimate of drug-likeness (QED) is 0.289. The van der Waals surface area contributed by atoms with E-state index in [2.05, 4.69) is 20.9 Å². The third-order valence-corrected chi connectivity index (χ3v) is 5.22. The fraction of sp³-hybridized carbons (Fsp3) is 0.478. The number of para-hydroxylation sites is 1. The highest BCUT2D eigenvalue weighted by molar-refractivity contribution is 5.94. The number of hydrogen-bond acceptors (Lipinski definition) is 5. The van der Waals surface area contributed by atoms with Gasteiger partial charge >= 0.3 is 5.97 Å². The minimum atomic E-state index is -1.18. The Morgan fingerprint density at radius 3 is 2.18 bits per heavy atom. The fourth-order valence-corrected chi connectivity index (χ4v) is 3.40. The molecular formula is C23H33N5O5. The molecule has 2 rings (SSSR count). The van der Waals surface area contributed by atoms with Crippen molar-refractivity contribution < 1.29 is 24.3 Å². The number of carbonyl (C=O) groups is 4. The van der Waals surface area contributed by atoms with Gasteiger partial charge in [-0.1, -0.05) is 32.0 Å². The van der Waals surface area contributed by atoms with Gasteiger partial charge in [-0.05, 0) is 37.8 Å². The number of aliphatic carboxylic acids is 1. The van der Waals surface area contributed by atoms with E-state index in [1.807, 2.05) is 38.1 Å². The number of aromatic amines is 1. The largest absolute Gasteiger partial charge is 0.480 e. The number of amides is 3. The summed E-state index contributed by atoms with van der Waals surface area (Å²) >= 11 is 0. The van der Waals surface area contributed by atoms with Crippen molar-refractivity contribution in [2.24, 2.45) is 11.7 Å². The number of aromatic nitrogens is 1. The molecule has 1 aromatic carbocycles. The lowest BCUT2D eigenvalue weighted by atomic mass is 10.0. The minimum Gasteiger partial charge on any atom is -0.480 e. The average Bonchev–Trinajstić information content (AvgIpc) is 3.14. The number of hydrogen-bond donors (Lipinski definition) is 6. The van der Waals surface area contributed by atoms with Gasteiger partial charge in [0.2, 0.25) is 17.7 Å². The van der Waals surface area contributed by atoms with Crippen LogP contribution in [-0.2, 0) is 25.6 Å². The van der Waals surface area contributed by atoms with Gasteiger partial charge in [0.1, 0.15) is 18.1 Å². The molecule has 0 aliphatic rings. The van der Waals surface area contributed by atoms with Crippen molar-refractivity contribution in [1.82, 2.24) is 20.9 Å². The zero-order valence-corrected chi connectivity index (χ0v) is 19.3. The summed E-state index contributed by atoms with van der Waals surface area (Å²) < 4.78 is 0. The number of carboxylic acid groups (broad SMARTS) is 1. The Morgan fingerprint density at radius 1 is 0.939 bits per heavy atom. The summed E-state index contributed by atoms with van der Waals surface area (Å²) in [6, 6.07) is 3.65. The second-order valence-corrected chi connectivity index (χ2v) is 8.67. The smallest absolute Gasteiger partial charge is 0.326 e. The Balaban J connectivity index is 2.11. The predicted octanol–water partition coefficient (Wildman–Crippen LogP) is 0.663. The van der Waals surface area contributed by atoms with Crippen molar-refractivity contribution in [2.75, 3.05) is 0 Å². The highest BCUT2D eigenvalue weighted by atomic mass is 16.4. The molecule has 4 atom stereocenters. The van der Waals surface area contributed by atoms with Crippen LogP contribution in [-0.4, -0.2) is 57.9 Å². The van der Waals surface area contributed by atoms with Crippen molar-refractivity contribution in [1.29, 1.82) is 0 Å². The summed E-state index contributed by atoms with van der Waals surface area (Å²) in [6.45, 7) is 6.74. The first-order valence-electron chi connectivity index (χ1n) is 10.9. The molecule has 0 saturated heterocycles.